The van der Waals surface area contributed by atoms with Gasteiger partial charge >= 0.3 is 5.97 Å². The molecule has 0 heterocycles. The molecule has 0 fully saturated rings. The van der Waals surface area contributed by atoms with E-state index in [0.29, 0.717) is 12.8 Å². The van der Waals surface area contributed by atoms with E-state index in [1.54, 1.807) is 6.08 Å². The predicted molar refractivity (Wildman–Crippen MR) is 62.0 cm³/mol. The van der Waals surface area contributed by atoms with Crippen LogP contribution >= 0.6 is 0 Å². The van der Waals surface area contributed by atoms with E-state index < -0.39 is 23.4 Å². The second-order valence-corrected chi connectivity index (χ2v) is 5.17. The fourth-order valence-corrected chi connectivity index (χ4v) is 1.66. The molecule has 96 valence electrons. The maximum atomic E-state index is 11.8. The minimum Gasteiger partial charge on any atom is -0.481 e. The lowest BCUT2D eigenvalue weighted by Gasteiger charge is -2.26. The Bertz CT molecular complexity index is 330. The van der Waals surface area contributed by atoms with E-state index in [4.69, 9.17) is 9.94 Å². The van der Waals surface area contributed by atoms with Crippen molar-refractivity contribution in [2.45, 2.75) is 39.2 Å². The number of hydrogen-bond donors (Lipinski definition) is 2. The van der Waals surface area contributed by atoms with Crippen LogP contribution in [0.15, 0.2) is 12.2 Å². The molecule has 0 aromatic carbocycles. The number of hydrogen-bond acceptors (Lipinski definition) is 3. The van der Waals surface area contributed by atoms with Gasteiger partial charge in [-0.05, 0) is 33.6 Å². The first-order valence-electron chi connectivity index (χ1n) is 5.67. The molecule has 0 saturated heterocycles. The second kappa shape index (κ2) is 5.31. The third kappa shape index (κ3) is 4.19. The Balaban J connectivity index is 2.60. The van der Waals surface area contributed by atoms with Crippen LogP contribution in [0, 0.1) is 11.8 Å². The first-order chi connectivity index (χ1) is 7.81. The van der Waals surface area contributed by atoms with Gasteiger partial charge in [0, 0.05) is 0 Å². The van der Waals surface area contributed by atoms with Crippen LogP contribution in [0.5, 0.6) is 0 Å². The molecule has 0 saturated carbocycles. The molecule has 0 aliphatic heterocycles. The highest BCUT2D eigenvalue weighted by Gasteiger charge is 2.34. The summed E-state index contributed by atoms with van der Waals surface area (Å²) in [4.78, 5) is 28.0. The van der Waals surface area contributed by atoms with Crippen LogP contribution in [-0.4, -0.2) is 22.6 Å². The average Bonchev–Trinajstić information content (AvgIpc) is 2.25. The Morgan fingerprint density at radius 3 is 2.24 bits per heavy atom. The fraction of sp³-hybridized carbons (Fsp3) is 0.667. The summed E-state index contributed by atoms with van der Waals surface area (Å²) in [7, 11) is 0. The fourth-order valence-electron chi connectivity index (χ4n) is 1.66. The molecule has 0 aromatic heterocycles. The highest BCUT2D eigenvalue weighted by atomic mass is 16.7. The third-order valence-corrected chi connectivity index (χ3v) is 2.54. The number of nitrogens with one attached hydrogen (secondary N) is 1. The zero-order chi connectivity index (χ0) is 13.1. The Labute approximate surface area is 101 Å². The number of carbonyl (C=O) groups excluding carboxylic acids is 1. The molecule has 0 spiro atoms. The van der Waals surface area contributed by atoms with Crippen LogP contribution in [0.2, 0.25) is 0 Å². The highest BCUT2D eigenvalue weighted by molar-refractivity contribution is 5.84. The molecular weight excluding hydrogens is 222 g/mol. The zero-order valence-electron chi connectivity index (χ0n) is 10.4. The van der Waals surface area contributed by atoms with E-state index in [9.17, 15) is 9.59 Å². The minimum absolute atomic E-state index is 0.364. The Morgan fingerprint density at radius 2 is 1.76 bits per heavy atom. The van der Waals surface area contributed by atoms with E-state index in [-0.39, 0.29) is 5.91 Å². The number of allylic oxidation sites excluding steroid dienone is 2. The summed E-state index contributed by atoms with van der Waals surface area (Å²) < 4.78 is 0. The summed E-state index contributed by atoms with van der Waals surface area (Å²) in [5, 5.41) is 9.03. The highest BCUT2D eigenvalue weighted by Crippen LogP contribution is 2.26. The molecule has 5 heteroatoms. The second-order valence-electron chi connectivity index (χ2n) is 5.17. The molecule has 1 aliphatic rings. The molecule has 5 nitrogen and oxygen atoms in total. The number of carboxylic acids is 1. The number of amides is 1. The lowest BCUT2D eigenvalue weighted by atomic mass is 9.82. The molecule has 2 atom stereocenters. The summed E-state index contributed by atoms with van der Waals surface area (Å²) >= 11 is 0. The summed E-state index contributed by atoms with van der Waals surface area (Å²) in [6.45, 7) is 5.42. The Hall–Kier alpha value is -1.36. The molecule has 2 N–H and O–H groups in total. The van der Waals surface area contributed by atoms with Crippen molar-refractivity contribution in [1.29, 1.82) is 0 Å². The van der Waals surface area contributed by atoms with Crippen molar-refractivity contribution in [3.63, 3.8) is 0 Å². The van der Waals surface area contributed by atoms with Gasteiger partial charge in [0.1, 0.15) is 0 Å². The van der Waals surface area contributed by atoms with Crippen LogP contribution in [0.25, 0.3) is 0 Å². The van der Waals surface area contributed by atoms with Crippen molar-refractivity contribution in [2.24, 2.45) is 11.8 Å². The van der Waals surface area contributed by atoms with Gasteiger partial charge in [-0.2, -0.15) is 0 Å². The third-order valence-electron chi connectivity index (χ3n) is 2.54. The van der Waals surface area contributed by atoms with E-state index in [1.165, 1.54) is 0 Å². The standard InChI is InChI=1S/C12H19NO4/c1-12(2,3)17-13-10(14)8-6-4-5-7-9(8)11(15)16/h4-5,8-9H,6-7H2,1-3H3,(H,13,14)(H,15,16)/t8-,9+/m1/s1. The lowest BCUT2D eigenvalue weighted by Crippen LogP contribution is -2.41. The van der Waals surface area contributed by atoms with Gasteiger partial charge in [0.2, 0.25) is 5.91 Å². The van der Waals surface area contributed by atoms with E-state index in [1.807, 2.05) is 26.8 Å². The van der Waals surface area contributed by atoms with Gasteiger partial charge in [0.15, 0.2) is 0 Å². The molecular formula is C12H19NO4. The van der Waals surface area contributed by atoms with Gasteiger partial charge in [-0.25, -0.2) is 5.48 Å². The van der Waals surface area contributed by atoms with Crippen LogP contribution < -0.4 is 5.48 Å². The van der Waals surface area contributed by atoms with Crippen molar-refractivity contribution < 1.29 is 19.5 Å². The molecule has 17 heavy (non-hydrogen) atoms. The SMILES string of the molecule is CC(C)(C)ONC(=O)[C@@H]1CC=CC[C@@H]1C(=O)O. The first kappa shape index (κ1) is 13.7. The van der Waals surface area contributed by atoms with Gasteiger partial charge in [-0.1, -0.05) is 12.2 Å². The summed E-state index contributed by atoms with van der Waals surface area (Å²) in [5.74, 6) is -2.52. The first-order valence-corrected chi connectivity index (χ1v) is 5.67. The van der Waals surface area contributed by atoms with Crippen LogP contribution in [0.1, 0.15) is 33.6 Å². The predicted octanol–water partition coefficient (Wildman–Crippen LogP) is 1.50. The van der Waals surface area contributed by atoms with Crippen molar-refractivity contribution in [3.8, 4) is 0 Å². The van der Waals surface area contributed by atoms with E-state index in [2.05, 4.69) is 5.48 Å². The average molecular weight is 241 g/mol. The quantitative estimate of drug-likeness (QED) is 0.580. The van der Waals surface area contributed by atoms with Gasteiger partial charge in [0.05, 0.1) is 17.4 Å². The molecule has 1 amide bonds. The van der Waals surface area contributed by atoms with Crippen molar-refractivity contribution >= 4 is 11.9 Å². The molecule has 1 rings (SSSR count). The molecule has 1 aliphatic carbocycles. The minimum atomic E-state index is -0.940. The maximum Gasteiger partial charge on any atom is 0.307 e. The zero-order valence-corrected chi connectivity index (χ0v) is 10.4. The molecule has 0 unspecified atom stereocenters. The summed E-state index contributed by atoms with van der Waals surface area (Å²) in [6.07, 6.45) is 4.47. The van der Waals surface area contributed by atoms with Crippen molar-refractivity contribution in [1.82, 2.24) is 5.48 Å². The normalized spacial score (nSPS) is 24.4. The van der Waals surface area contributed by atoms with Crippen molar-refractivity contribution in [2.75, 3.05) is 0 Å². The number of rotatable bonds is 3. The summed E-state index contributed by atoms with van der Waals surface area (Å²) in [5.41, 5.74) is 1.85. The van der Waals surface area contributed by atoms with E-state index >= 15 is 0 Å². The number of hydroxylamine groups is 1. The Morgan fingerprint density at radius 1 is 1.24 bits per heavy atom. The molecule has 0 radical (unpaired) electrons. The van der Waals surface area contributed by atoms with E-state index in [0.717, 1.165) is 0 Å². The number of carbonyl (C=O) groups is 2. The van der Waals surface area contributed by atoms with Gasteiger partial charge in [-0.3, -0.25) is 14.4 Å². The number of carboxylic acid groups (broad SMARTS) is 1. The van der Waals surface area contributed by atoms with Crippen LogP contribution in [-0.2, 0) is 14.4 Å². The van der Waals surface area contributed by atoms with Gasteiger partial charge < -0.3 is 5.11 Å². The maximum absolute atomic E-state index is 11.8. The van der Waals surface area contributed by atoms with Crippen LogP contribution in [0.4, 0.5) is 0 Å². The van der Waals surface area contributed by atoms with Gasteiger partial charge in [0.25, 0.3) is 0 Å². The topological polar surface area (TPSA) is 75.6 Å². The Kier molecular flexibility index (Phi) is 4.28. The smallest absolute Gasteiger partial charge is 0.307 e. The largest absolute Gasteiger partial charge is 0.481 e. The van der Waals surface area contributed by atoms with Crippen LogP contribution in [0.3, 0.4) is 0 Å². The molecule has 0 aromatic rings. The van der Waals surface area contributed by atoms with Crippen molar-refractivity contribution in [3.05, 3.63) is 12.2 Å². The van der Waals surface area contributed by atoms with Gasteiger partial charge in [-0.15, -0.1) is 0 Å². The molecule has 0 bridgehead atoms. The monoisotopic (exact) mass is 241 g/mol. The lowest BCUT2D eigenvalue weighted by molar-refractivity contribution is -0.157. The number of aliphatic carboxylic acids is 1. The summed E-state index contributed by atoms with van der Waals surface area (Å²) in [6, 6.07) is 0.